The molecule has 0 amide bonds. The van der Waals surface area contributed by atoms with E-state index in [0.717, 1.165) is 0 Å². The standard InChI is InChI=1S/C24H36/c1-2-14-6-10-18-20-12-8-16-4-3-15-7-11-19(24(20)22(15)16)17-9-5-13(1)21(14)23(17)18/h13-24H,1-12H2. The summed E-state index contributed by atoms with van der Waals surface area (Å²) in [7, 11) is 0. The third-order valence-electron chi connectivity index (χ3n) is 11.4. The lowest BCUT2D eigenvalue weighted by atomic mass is 9.40. The zero-order valence-corrected chi connectivity index (χ0v) is 15.4. The van der Waals surface area contributed by atoms with Gasteiger partial charge in [-0.15, -0.1) is 0 Å². The molecule has 24 heavy (non-hydrogen) atoms. The lowest BCUT2D eigenvalue weighted by molar-refractivity contribution is -0.166. The first kappa shape index (κ1) is 14.1. The summed E-state index contributed by atoms with van der Waals surface area (Å²) in [6.45, 7) is 0. The second-order valence-corrected chi connectivity index (χ2v) is 11.5. The third-order valence-corrected chi connectivity index (χ3v) is 11.4. The Bertz CT molecular complexity index is 444. The molecule has 8 unspecified atom stereocenters. The van der Waals surface area contributed by atoms with Gasteiger partial charge in [-0.2, -0.15) is 0 Å². The molecule has 0 nitrogen and oxygen atoms in total. The topological polar surface area (TPSA) is 0 Å². The first-order chi connectivity index (χ1) is 11.9. The van der Waals surface area contributed by atoms with Gasteiger partial charge in [0.1, 0.15) is 0 Å². The number of rotatable bonds is 0. The van der Waals surface area contributed by atoms with Crippen molar-refractivity contribution in [1.82, 2.24) is 0 Å². The van der Waals surface area contributed by atoms with Gasteiger partial charge in [0.2, 0.25) is 0 Å². The first-order valence-corrected chi connectivity index (χ1v) is 11.9. The molecule has 8 atom stereocenters. The SMILES string of the molecule is C1CC2CCC3C4CCC5CCC6CCC(C7CCC1C2C73)C4C65. The molecule has 7 rings (SSSR count). The highest BCUT2D eigenvalue weighted by atomic mass is 14.7. The van der Waals surface area contributed by atoms with Gasteiger partial charge in [-0.25, -0.2) is 0 Å². The van der Waals surface area contributed by atoms with Crippen LogP contribution in [-0.4, -0.2) is 0 Å². The predicted molar refractivity (Wildman–Crippen MR) is 97.3 cm³/mol. The molecule has 0 radical (unpaired) electrons. The quantitative estimate of drug-likeness (QED) is 0.501. The van der Waals surface area contributed by atoms with E-state index in [1.807, 2.05) is 0 Å². The smallest absolute Gasteiger partial charge is 0.0318 e. The number of fused-ring (bicyclic) bond motifs is 2. The Morgan fingerprint density at radius 3 is 0.792 bits per heavy atom. The Morgan fingerprint density at radius 1 is 0.250 bits per heavy atom. The molecular weight excluding hydrogens is 288 g/mol. The summed E-state index contributed by atoms with van der Waals surface area (Å²) in [6.07, 6.45) is 19.7. The summed E-state index contributed by atoms with van der Waals surface area (Å²) in [5, 5.41) is 0. The fourth-order valence-electron chi connectivity index (χ4n) is 11.2. The maximum atomic E-state index is 1.66. The van der Waals surface area contributed by atoms with Crippen LogP contribution in [0.5, 0.6) is 0 Å². The zero-order chi connectivity index (χ0) is 15.4. The fraction of sp³-hybridized carbons (Fsp3) is 1.00. The largest absolute Gasteiger partial charge is 0.0499 e. The van der Waals surface area contributed by atoms with Crippen molar-refractivity contribution >= 4 is 0 Å². The Morgan fingerprint density at radius 2 is 0.500 bits per heavy atom. The van der Waals surface area contributed by atoms with E-state index in [-0.39, 0.29) is 0 Å². The Balaban J connectivity index is 1.33. The second-order valence-electron chi connectivity index (χ2n) is 11.5. The lowest BCUT2D eigenvalue weighted by Gasteiger charge is -2.65. The maximum absolute atomic E-state index is 1.66. The summed E-state index contributed by atoms with van der Waals surface area (Å²) in [5.41, 5.74) is 0. The van der Waals surface area contributed by atoms with Crippen molar-refractivity contribution in [3.63, 3.8) is 0 Å². The predicted octanol–water partition coefficient (Wildman–Crippen LogP) is 6.16. The summed E-state index contributed by atoms with van der Waals surface area (Å²) in [4.78, 5) is 0. The van der Waals surface area contributed by atoms with Crippen molar-refractivity contribution in [2.45, 2.75) is 77.0 Å². The van der Waals surface area contributed by atoms with Crippen molar-refractivity contribution in [2.75, 3.05) is 0 Å². The molecule has 7 aliphatic carbocycles. The molecule has 0 spiro atoms. The lowest BCUT2D eigenvalue weighted by Crippen LogP contribution is -2.59. The van der Waals surface area contributed by atoms with Crippen LogP contribution in [0.3, 0.4) is 0 Å². The van der Waals surface area contributed by atoms with Gasteiger partial charge in [-0.1, -0.05) is 0 Å². The molecule has 0 heterocycles. The van der Waals surface area contributed by atoms with Crippen molar-refractivity contribution < 1.29 is 0 Å². The maximum Gasteiger partial charge on any atom is -0.0318 e. The monoisotopic (exact) mass is 324 g/mol. The van der Waals surface area contributed by atoms with Gasteiger partial charge in [-0.3, -0.25) is 0 Å². The molecule has 7 fully saturated rings. The van der Waals surface area contributed by atoms with Crippen LogP contribution in [0.1, 0.15) is 77.0 Å². The highest BCUT2D eigenvalue weighted by Crippen LogP contribution is 2.71. The third kappa shape index (κ3) is 1.59. The molecule has 0 N–H and O–H groups in total. The Hall–Kier alpha value is 0. The van der Waals surface area contributed by atoms with Crippen LogP contribution in [0.15, 0.2) is 0 Å². The Kier molecular flexibility index (Phi) is 2.84. The van der Waals surface area contributed by atoms with Crippen LogP contribution in [0, 0.1) is 71.0 Å². The van der Waals surface area contributed by atoms with Crippen LogP contribution in [-0.2, 0) is 0 Å². The van der Waals surface area contributed by atoms with Crippen LogP contribution < -0.4 is 0 Å². The molecule has 0 bridgehead atoms. The molecule has 0 aromatic heterocycles. The van der Waals surface area contributed by atoms with Crippen LogP contribution >= 0.6 is 0 Å². The van der Waals surface area contributed by atoms with Gasteiger partial charge in [0, 0.05) is 0 Å². The van der Waals surface area contributed by atoms with Gasteiger partial charge in [0.15, 0.2) is 0 Å². The number of hydrogen-bond acceptors (Lipinski definition) is 0. The highest BCUT2D eigenvalue weighted by molar-refractivity contribution is 5.12. The first-order valence-electron chi connectivity index (χ1n) is 11.9. The van der Waals surface area contributed by atoms with Crippen LogP contribution in [0.25, 0.3) is 0 Å². The van der Waals surface area contributed by atoms with Crippen molar-refractivity contribution in [2.24, 2.45) is 71.0 Å². The summed E-state index contributed by atoms with van der Waals surface area (Å²) in [6, 6.07) is 0. The van der Waals surface area contributed by atoms with Gasteiger partial charge in [-0.05, 0) is 148 Å². The van der Waals surface area contributed by atoms with Crippen molar-refractivity contribution in [3.05, 3.63) is 0 Å². The molecular formula is C24H36. The van der Waals surface area contributed by atoms with Gasteiger partial charge < -0.3 is 0 Å². The Labute approximate surface area is 148 Å². The van der Waals surface area contributed by atoms with E-state index in [2.05, 4.69) is 0 Å². The summed E-state index contributed by atoms with van der Waals surface area (Å²) in [5.74, 6) is 14.3. The van der Waals surface area contributed by atoms with Crippen molar-refractivity contribution in [1.29, 1.82) is 0 Å². The molecule has 7 saturated carbocycles. The molecule has 0 heteroatoms. The molecule has 0 aromatic rings. The minimum Gasteiger partial charge on any atom is -0.0499 e. The van der Waals surface area contributed by atoms with E-state index in [0.29, 0.717) is 0 Å². The average molecular weight is 325 g/mol. The van der Waals surface area contributed by atoms with Crippen molar-refractivity contribution in [3.8, 4) is 0 Å². The summed E-state index contributed by atoms with van der Waals surface area (Å²) < 4.78 is 0. The molecule has 132 valence electrons. The van der Waals surface area contributed by atoms with E-state index < -0.39 is 0 Å². The zero-order valence-electron chi connectivity index (χ0n) is 15.4. The van der Waals surface area contributed by atoms with E-state index in [1.165, 1.54) is 71.0 Å². The summed E-state index contributed by atoms with van der Waals surface area (Å²) >= 11 is 0. The van der Waals surface area contributed by atoms with E-state index in [4.69, 9.17) is 0 Å². The number of hydrogen-bond donors (Lipinski definition) is 0. The molecule has 7 aliphatic rings. The minimum absolute atomic E-state index is 1.18. The van der Waals surface area contributed by atoms with Gasteiger partial charge in [0.05, 0.1) is 0 Å². The van der Waals surface area contributed by atoms with E-state index in [1.54, 1.807) is 77.0 Å². The second kappa shape index (κ2) is 4.83. The highest BCUT2D eigenvalue weighted by Gasteiger charge is 2.63. The van der Waals surface area contributed by atoms with Gasteiger partial charge >= 0.3 is 0 Å². The van der Waals surface area contributed by atoms with E-state index in [9.17, 15) is 0 Å². The molecule has 0 saturated heterocycles. The van der Waals surface area contributed by atoms with E-state index >= 15 is 0 Å². The normalized spacial score (nSPS) is 66.0. The molecule has 0 aromatic carbocycles. The average Bonchev–Trinajstić information content (AvgIpc) is 3.24. The molecule has 0 aliphatic heterocycles. The van der Waals surface area contributed by atoms with Crippen LogP contribution in [0.4, 0.5) is 0 Å². The fourth-order valence-corrected chi connectivity index (χ4v) is 11.2. The van der Waals surface area contributed by atoms with Crippen LogP contribution in [0.2, 0.25) is 0 Å². The minimum atomic E-state index is 1.18. The van der Waals surface area contributed by atoms with Gasteiger partial charge in [0.25, 0.3) is 0 Å².